The molecule has 0 fully saturated rings. The van der Waals surface area contributed by atoms with Crippen LogP contribution in [0.25, 0.3) is 0 Å². The summed E-state index contributed by atoms with van der Waals surface area (Å²) in [6.45, 7) is 5.92. The smallest absolute Gasteiger partial charge is 0.261 e. The van der Waals surface area contributed by atoms with Crippen LogP contribution in [0.5, 0.6) is 0 Å². The minimum absolute atomic E-state index is 0.290. The highest BCUT2D eigenvalue weighted by atomic mass is 32.2. The van der Waals surface area contributed by atoms with Gasteiger partial charge in [0, 0.05) is 31.5 Å². The first-order valence-corrected chi connectivity index (χ1v) is 6.97. The van der Waals surface area contributed by atoms with Crippen LogP contribution in [-0.4, -0.2) is 31.3 Å². The third kappa shape index (κ3) is 3.76. The van der Waals surface area contributed by atoms with Gasteiger partial charge in [-0.15, -0.1) is 0 Å². The zero-order chi connectivity index (χ0) is 13.1. The van der Waals surface area contributed by atoms with E-state index in [-0.39, 0.29) is 6.04 Å². The monoisotopic (exact) mass is 257 g/mol. The summed E-state index contributed by atoms with van der Waals surface area (Å²) in [4.78, 5) is 4.15. The molecule has 96 valence electrons. The molecule has 0 saturated heterocycles. The van der Waals surface area contributed by atoms with Gasteiger partial charge in [0.2, 0.25) is 0 Å². The van der Waals surface area contributed by atoms with Gasteiger partial charge in [0.25, 0.3) is 10.2 Å². The van der Waals surface area contributed by atoms with Crippen LogP contribution in [0, 0.1) is 6.92 Å². The zero-order valence-corrected chi connectivity index (χ0v) is 11.5. The molecule has 0 aromatic carbocycles. The number of hydrogen-bond donors (Lipinski definition) is 1. The highest BCUT2D eigenvalue weighted by Crippen LogP contribution is 2.13. The van der Waals surface area contributed by atoms with Crippen LogP contribution < -0.4 is 4.72 Å². The molecule has 0 aliphatic carbocycles. The molecular formula is C11H19N3O2S. The van der Waals surface area contributed by atoms with E-state index in [0.29, 0.717) is 6.54 Å². The molecule has 1 unspecified atom stereocenters. The van der Waals surface area contributed by atoms with Crippen molar-refractivity contribution in [2.24, 2.45) is 0 Å². The van der Waals surface area contributed by atoms with Gasteiger partial charge in [-0.3, -0.25) is 4.98 Å². The predicted octanol–water partition coefficient (Wildman–Crippen LogP) is 1.24. The highest BCUT2D eigenvalue weighted by molar-refractivity contribution is 7.87. The molecule has 1 rings (SSSR count). The second-order valence-electron chi connectivity index (χ2n) is 3.99. The summed E-state index contributed by atoms with van der Waals surface area (Å²) in [5.41, 5.74) is 1.76. The Balaban J connectivity index is 2.79. The topological polar surface area (TPSA) is 62.3 Å². The maximum Gasteiger partial charge on any atom is 0.279 e. The number of hydrogen-bond acceptors (Lipinski definition) is 3. The molecule has 0 spiro atoms. The molecule has 1 aromatic heterocycles. The van der Waals surface area contributed by atoms with Gasteiger partial charge in [0.15, 0.2) is 0 Å². The number of aryl methyl sites for hydroxylation is 1. The quantitative estimate of drug-likeness (QED) is 0.863. The van der Waals surface area contributed by atoms with Gasteiger partial charge in [-0.2, -0.15) is 17.4 Å². The van der Waals surface area contributed by atoms with E-state index in [4.69, 9.17) is 0 Å². The van der Waals surface area contributed by atoms with Crippen molar-refractivity contribution in [1.29, 1.82) is 0 Å². The maximum absolute atomic E-state index is 11.8. The first kappa shape index (κ1) is 14.1. The second-order valence-corrected chi connectivity index (χ2v) is 5.80. The SMILES string of the molecule is CCN(C)S(=O)(=O)NC(C)c1ccc(C)nc1. The molecular weight excluding hydrogens is 238 g/mol. The largest absolute Gasteiger partial charge is 0.279 e. The van der Waals surface area contributed by atoms with Gasteiger partial charge in [0.1, 0.15) is 0 Å². The Labute approximate surface area is 103 Å². The van der Waals surface area contributed by atoms with Gasteiger partial charge in [-0.25, -0.2) is 0 Å². The van der Waals surface area contributed by atoms with Crippen molar-refractivity contribution in [1.82, 2.24) is 14.0 Å². The van der Waals surface area contributed by atoms with Crippen LogP contribution in [0.4, 0.5) is 0 Å². The van der Waals surface area contributed by atoms with E-state index in [0.717, 1.165) is 11.3 Å². The fraction of sp³-hybridized carbons (Fsp3) is 0.545. The van der Waals surface area contributed by atoms with E-state index in [1.165, 1.54) is 4.31 Å². The molecule has 1 aromatic rings. The predicted molar refractivity (Wildman–Crippen MR) is 67.7 cm³/mol. The van der Waals surface area contributed by atoms with Crippen molar-refractivity contribution in [2.75, 3.05) is 13.6 Å². The number of nitrogens with one attached hydrogen (secondary N) is 1. The van der Waals surface area contributed by atoms with Crippen molar-refractivity contribution in [2.45, 2.75) is 26.8 Å². The lowest BCUT2D eigenvalue weighted by atomic mass is 10.1. The van der Waals surface area contributed by atoms with Crippen molar-refractivity contribution in [3.63, 3.8) is 0 Å². The Kier molecular flexibility index (Phi) is 4.62. The lowest BCUT2D eigenvalue weighted by molar-refractivity contribution is 0.465. The summed E-state index contributed by atoms with van der Waals surface area (Å²) in [5.74, 6) is 0. The first-order valence-electron chi connectivity index (χ1n) is 5.53. The molecule has 0 amide bonds. The Morgan fingerprint density at radius 3 is 2.59 bits per heavy atom. The summed E-state index contributed by atoms with van der Waals surface area (Å²) in [6, 6.07) is 3.45. The lowest BCUT2D eigenvalue weighted by Crippen LogP contribution is -2.39. The van der Waals surface area contributed by atoms with Crippen LogP contribution in [0.15, 0.2) is 18.3 Å². The van der Waals surface area contributed by atoms with Gasteiger partial charge in [-0.1, -0.05) is 13.0 Å². The first-order chi connectivity index (χ1) is 7.86. The average molecular weight is 257 g/mol. The summed E-state index contributed by atoms with van der Waals surface area (Å²) < 4.78 is 27.5. The van der Waals surface area contributed by atoms with Crippen molar-refractivity contribution in [3.8, 4) is 0 Å². The molecule has 6 heteroatoms. The number of pyridine rings is 1. The fourth-order valence-electron chi connectivity index (χ4n) is 1.29. The van der Waals surface area contributed by atoms with Crippen molar-refractivity contribution >= 4 is 10.2 Å². The van der Waals surface area contributed by atoms with Crippen LogP contribution in [0.2, 0.25) is 0 Å². The average Bonchev–Trinajstić information content (AvgIpc) is 2.28. The van der Waals surface area contributed by atoms with Crippen LogP contribution >= 0.6 is 0 Å². The van der Waals surface area contributed by atoms with E-state index < -0.39 is 10.2 Å². The Bertz CT molecular complexity index is 456. The minimum Gasteiger partial charge on any atom is -0.261 e. The molecule has 0 radical (unpaired) electrons. The lowest BCUT2D eigenvalue weighted by Gasteiger charge is -2.19. The van der Waals surface area contributed by atoms with Crippen LogP contribution in [0.3, 0.4) is 0 Å². The third-order valence-electron chi connectivity index (χ3n) is 2.62. The third-order valence-corrected chi connectivity index (χ3v) is 4.35. The van der Waals surface area contributed by atoms with E-state index in [2.05, 4.69) is 9.71 Å². The van der Waals surface area contributed by atoms with Gasteiger partial charge >= 0.3 is 0 Å². The second kappa shape index (κ2) is 5.57. The van der Waals surface area contributed by atoms with Gasteiger partial charge in [-0.05, 0) is 25.5 Å². The standard InChI is InChI=1S/C11H19N3O2S/c1-5-14(4)17(15,16)13-10(3)11-7-6-9(2)12-8-11/h6-8,10,13H,5H2,1-4H3. The van der Waals surface area contributed by atoms with E-state index in [1.54, 1.807) is 27.1 Å². The summed E-state index contributed by atoms with van der Waals surface area (Å²) in [6.07, 6.45) is 1.69. The van der Waals surface area contributed by atoms with Gasteiger partial charge in [0.05, 0.1) is 0 Å². The number of rotatable bonds is 5. The molecule has 1 atom stereocenters. The molecule has 0 aliphatic heterocycles. The molecule has 0 bridgehead atoms. The van der Waals surface area contributed by atoms with E-state index >= 15 is 0 Å². The van der Waals surface area contributed by atoms with E-state index in [9.17, 15) is 8.42 Å². The zero-order valence-electron chi connectivity index (χ0n) is 10.6. The van der Waals surface area contributed by atoms with Crippen molar-refractivity contribution < 1.29 is 8.42 Å². The molecule has 5 nitrogen and oxygen atoms in total. The van der Waals surface area contributed by atoms with Crippen LogP contribution in [0.1, 0.15) is 31.1 Å². The number of nitrogens with zero attached hydrogens (tertiary/aromatic N) is 2. The normalized spacial score (nSPS) is 13.9. The number of aromatic nitrogens is 1. The molecule has 0 aliphatic rings. The Hall–Kier alpha value is -0.980. The van der Waals surface area contributed by atoms with E-state index in [1.807, 2.05) is 19.1 Å². The fourth-order valence-corrected chi connectivity index (χ4v) is 2.39. The summed E-state index contributed by atoms with van der Waals surface area (Å²) >= 11 is 0. The minimum atomic E-state index is -3.41. The highest BCUT2D eigenvalue weighted by Gasteiger charge is 2.19. The Morgan fingerprint density at radius 2 is 2.12 bits per heavy atom. The molecule has 1 N–H and O–H groups in total. The molecule has 0 saturated carbocycles. The Morgan fingerprint density at radius 1 is 1.47 bits per heavy atom. The molecule has 1 heterocycles. The molecule has 17 heavy (non-hydrogen) atoms. The summed E-state index contributed by atoms with van der Waals surface area (Å²) in [7, 11) is -1.87. The van der Waals surface area contributed by atoms with Gasteiger partial charge < -0.3 is 0 Å². The van der Waals surface area contributed by atoms with Crippen molar-refractivity contribution in [3.05, 3.63) is 29.6 Å². The van der Waals surface area contributed by atoms with Crippen LogP contribution in [-0.2, 0) is 10.2 Å². The summed E-state index contributed by atoms with van der Waals surface area (Å²) in [5, 5.41) is 0. The maximum atomic E-state index is 11.8.